The number of fused-ring (bicyclic) bond motifs is 1. The molecule has 0 saturated heterocycles. The minimum atomic E-state index is -0.224. The number of rotatable bonds is 4. The van der Waals surface area contributed by atoms with Crippen LogP contribution in [0.25, 0.3) is 17.2 Å². The van der Waals surface area contributed by atoms with E-state index in [1.165, 1.54) is 10.6 Å². The topological polar surface area (TPSA) is 75.1 Å². The summed E-state index contributed by atoms with van der Waals surface area (Å²) in [7, 11) is 0. The fourth-order valence-electron chi connectivity index (χ4n) is 2.70. The Hall–Kier alpha value is -3.12. The maximum atomic E-state index is 12.4. The maximum Gasteiger partial charge on any atom is 0.275 e. The standard InChI is InChI=1S/C19H16ClN5O/c1-12-3-2-4-13(9-12)18-23-19-22-16(10-17(26)25(19)24-18)11-21-15-7-5-14(20)6-8-15/h2-10,21H,11H2,1H3,(H,22,23,24). The summed E-state index contributed by atoms with van der Waals surface area (Å²) in [6, 6.07) is 16.8. The summed E-state index contributed by atoms with van der Waals surface area (Å²) < 4.78 is 1.28. The Balaban J connectivity index is 1.63. The van der Waals surface area contributed by atoms with Crippen molar-refractivity contribution in [2.24, 2.45) is 0 Å². The lowest BCUT2D eigenvalue weighted by atomic mass is 10.1. The molecule has 130 valence electrons. The van der Waals surface area contributed by atoms with Gasteiger partial charge in [0.25, 0.3) is 5.56 Å². The van der Waals surface area contributed by atoms with Gasteiger partial charge in [-0.1, -0.05) is 35.4 Å². The zero-order valence-corrected chi connectivity index (χ0v) is 14.8. The van der Waals surface area contributed by atoms with Crippen molar-refractivity contribution in [3.05, 3.63) is 81.2 Å². The maximum absolute atomic E-state index is 12.4. The highest BCUT2D eigenvalue weighted by atomic mass is 35.5. The molecular formula is C19H16ClN5O. The van der Waals surface area contributed by atoms with E-state index >= 15 is 0 Å². The Kier molecular flexibility index (Phi) is 4.18. The van der Waals surface area contributed by atoms with E-state index in [1.807, 2.05) is 55.5 Å². The molecule has 0 aliphatic heterocycles. The van der Waals surface area contributed by atoms with Gasteiger partial charge in [0.05, 0.1) is 6.54 Å². The van der Waals surface area contributed by atoms with Gasteiger partial charge in [-0.15, -0.1) is 5.10 Å². The fourth-order valence-corrected chi connectivity index (χ4v) is 2.83. The van der Waals surface area contributed by atoms with E-state index in [-0.39, 0.29) is 5.56 Å². The number of hydrogen-bond donors (Lipinski definition) is 2. The normalized spacial score (nSPS) is 11.0. The van der Waals surface area contributed by atoms with Crippen molar-refractivity contribution in [2.75, 3.05) is 5.32 Å². The van der Waals surface area contributed by atoms with Crippen molar-refractivity contribution in [2.45, 2.75) is 13.5 Å². The highest BCUT2D eigenvalue weighted by Crippen LogP contribution is 2.17. The van der Waals surface area contributed by atoms with Crippen LogP contribution < -0.4 is 10.9 Å². The molecule has 7 heteroatoms. The van der Waals surface area contributed by atoms with Gasteiger partial charge in [0.15, 0.2) is 5.82 Å². The van der Waals surface area contributed by atoms with Crippen LogP contribution >= 0.6 is 11.6 Å². The van der Waals surface area contributed by atoms with Crippen LogP contribution in [-0.4, -0.2) is 19.6 Å². The molecule has 0 amide bonds. The van der Waals surface area contributed by atoms with Gasteiger partial charge in [0.1, 0.15) is 0 Å². The van der Waals surface area contributed by atoms with E-state index in [0.717, 1.165) is 22.5 Å². The third-order valence-corrected chi connectivity index (χ3v) is 4.24. The minimum absolute atomic E-state index is 0.224. The van der Waals surface area contributed by atoms with Crippen molar-refractivity contribution in [3.63, 3.8) is 0 Å². The van der Waals surface area contributed by atoms with E-state index in [9.17, 15) is 4.79 Å². The largest absolute Gasteiger partial charge is 0.379 e. The summed E-state index contributed by atoms with van der Waals surface area (Å²) in [5.74, 6) is 0.937. The lowest BCUT2D eigenvalue weighted by molar-refractivity contribution is 0.879. The second-order valence-corrected chi connectivity index (χ2v) is 6.47. The zero-order valence-electron chi connectivity index (χ0n) is 14.0. The third kappa shape index (κ3) is 3.32. The van der Waals surface area contributed by atoms with E-state index < -0.39 is 0 Å². The first kappa shape index (κ1) is 16.4. The van der Waals surface area contributed by atoms with Gasteiger partial charge in [-0.2, -0.15) is 9.50 Å². The SMILES string of the molecule is Cc1cccc(-c2nc3[nH]c(CNc4ccc(Cl)cc4)cc(=O)n3n2)c1. The van der Waals surface area contributed by atoms with Crippen molar-refractivity contribution >= 4 is 23.1 Å². The summed E-state index contributed by atoms with van der Waals surface area (Å²) in [4.78, 5) is 20.0. The van der Waals surface area contributed by atoms with Crippen molar-refractivity contribution in [3.8, 4) is 11.4 Å². The molecule has 0 aliphatic carbocycles. The number of H-pyrrole nitrogens is 1. The number of nitrogens with one attached hydrogen (secondary N) is 2. The lowest BCUT2D eigenvalue weighted by Crippen LogP contribution is -2.17. The van der Waals surface area contributed by atoms with E-state index in [2.05, 4.69) is 20.4 Å². The molecule has 26 heavy (non-hydrogen) atoms. The number of aromatic amines is 1. The molecule has 0 aliphatic rings. The molecule has 0 bridgehead atoms. The van der Waals surface area contributed by atoms with E-state index in [1.54, 1.807) is 0 Å². The molecule has 2 N–H and O–H groups in total. The van der Waals surface area contributed by atoms with Crippen LogP contribution in [0.2, 0.25) is 5.02 Å². The first-order valence-electron chi connectivity index (χ1n) is 8.14. The summed E-state index contributed by atoms with van der Waals surface area (Å²) in [6.45, 7) is 2.46. The number of benzene rings is 2. The minimum Gasteiger partial charge on any atom is -0.379 e. The smallest absolute Gasteiger partial charge is 0.275 e. The van der Waals surface area contributed by atoms with Crippen LogP contribution in [0.1, 0.15) is 11.3 Å². The monoisotopic (exact) mass is 365 g/mol. The van der Waals surface area contributed by atoms with Crippen LogP contribution in [-0.2, 0) is 6.54 Å². The number of nitrogens with zero attached hydrogens (tertiary/aromatic N) is 3. The summed E-state index contributed by atoms with van der Waals surface area (Å²) >= 11 is 5.88. The first-order valence-corrected chi connectivity index (χ1v) is 8.52. The molecule has 2 heterocycles. The number of hydrogen-bond acceptors (Lipinski definition) is 4. The van der Waals surface area contributed by atoms with Gasteiger partial charge in [-0.25, -0.2) is 0 Å². The highest BCUT2D eigenvalue weighted by Gasteiger charge is 2.10. The van der Waals surface area contributed by atoms with Gasteiger partial charge in [0.2, 0.25) is 5.78 Å². The molecule has 2 aromatic carbocycles. The second kappa shape index (κ2) is 6.65. The van der Waals surface area contributed by atoms with Gasteiger partial charge in [-0.3, -0.25) is 4.79 Å². The van der Waals surface area contributed by atoms with Crippen LogP contribution in [0, 0.1) is 6.92 Å². The molecule has 0 atom stereocenters. The third-order valence-electron chi connectivity index (χ3n) is 3.99. The molecule has 4 aromatic rings. The van der Waals surface area contributed by atoms with Crippen molar-refractivity contribution < 1.29 is 0 Å². The number of aryl methyl sites for hydroxylation is 1. The summed E-state index contributed by atoms with van der Waals surface area (Å²) in [6.07, 6.45) is 0. The Morgan fingerprint density at radius 1 is 1.15 bits per heavy atom. The van der Waals surface area contributed by atoms with E-state index in [4.69, 9.17) is 11.6 Å². The van der Waals surface area contributed by atoms with E-state index in [0.29, 0.717) is 23.2 Å². The second-order valence-electron chi connectivity index (χ2n) is 6.03. The van der Waals surface area contributed by atoms with Crippen LogP contribution in [0.3, 0.4) is 0 Å². The Bertz CT molecular complexity index is 1130. The molecule has 4 rings (SSSR count). The van der Waals surface area contributed by atoms with Crippen LogP contribution in [0.5, 0.6) is 0 Å². The average molecular weight is 366 g/mol. The molecule has 0 fully saturated rings. The molecule has 2 aromatic heterocycles. The summed E-state index contributed by atoms with van der Waals surface area (Å²) in [5.41, 5.74) is 3.40. The molecule has 0 saturated carbocycles. The van der Waals surface area contributed by atoms with Gasteiger partial charge >= 0.3 is 0 Å². The van der Waals surface area contributed by atoms with Crippen LogP contribution in [0.15, 0.2) is 59.4 Å². The fraction of sp³-hybridized carbons (Fsp3) is 0.105. The average Bonchev–Trinajstić information content (AvgIpc) is 3.06. The number of halogens is 1. The Morgan fingerprint density at radius 2 is 1.96 bits per heavy atom. The predicted octanol–water partition coefficient (Wildman–Crippen LogP) is 3.66. The quantitative estimate of drug-likeness (QED) is 0.578. The lowest BCUT2D eigenvalue weighted by Gasteiger charge is -2.06. The zero-order chi connectivity index (χ0) is 18.1. The predicted molar refractivity (Wildman–Crippen MR) is 103 cm³/mol. The Morgan fingerprint density at radius 3 is 2.73 bits per heavy atom. The van der Waals surface area contributed by atoms with Crippen molar-refractivity contribution in [1.82, 2.24) is 19.6 Å². The molecule has 0 radical (unpaired) electrons. The highest BCUT2D eigenvalue weighted by molar-refractivity contribution is 6.30. The van der Waals surface area contributed by atoms with Gasteiger partial charge in [-0.05, 0) is 37.3 Å². The number of anilines is 1. The molecule has 6 nitrogen and oxygen atoms in total. The van der Waals surface area contributed by atoms with Gasteiger partial charge in [0, 0.05) is 28.0 Å². The summed E-state index contributed by atoms with van der Waals surface area (Å²) in [5, 5.41) is 8.24. The van der Waals surface area contributed by atoms with Gasteiger partial charge < -0.3 is 10.3 Å². The Labute approximate surface area is 154 Å². The molecule has 0 spiro atoms. The van der Waals surface area contributed by atoms with Crippen molar-refractivity contribution in [1.29, 1.82) is 0 Å². The molecule has 0 unspecified atom stereocenters. The molecular weight excluding hydrogens is 350 g/mol. The number of aromatic nitrogens is 4. The first-order chi connectivity index (χ1) is 12.6. The van der Waals surface area contributed by atoms with Crippen LogP contribution in [0.4, 0.5) is 5.69 Å².